The quantitative estimate of drug-likeness (QED) is 0.914. The molecule has 3 rings (SSSR count). The third-order valence-corrected chi connectivity index (χ3v) is 4.90. The molecule has 1 aliphatic rings. The molecule has 0 saturated heterocycles. The van der Waals surface area contributed by atoms with Gasteiger partial charge in [-0.05, 0) is 30.2 Å². The van der Waals surface area contributed by atoms with Crippen LogP contribution in [0.15, 0.2) is 16.0 Å². The van der Waals surface area contributed by atoms with Crippen molar-refractivity contribution in [2.75, 3.05) is 0 Å². The maximum atomic E-state index is 9.69. The number of hydrogen-bond donors (Lipinski definition) is 1. The van der Waals surface area contributed by atoms with Crippen LogP contribution in [0.3, 0.4) is 0 Å². The largest absolute Gasteiger partial charge is 0.506 e. The van der Waals surface area contributed by atoms with Crippen molar-refractivity contribution in [3.8, 4) is 16.5 Å². The Bertz CT molecular complexity index is 549. The first-order valence-corrected chi connectivity index (χ1v) is 7.76. The number of thiophene rings is 1. The minimum atomic E-state index is 0.218. The van der Waals surface area contributed by atoms with Gasteiger partial charge in [0.05, 0.1) is 0 Å². The monoisotopic (exact) mass is 278 g/mol. The van der Waals surface area contributed by atoms with Gasteiger partial charge in [0, 0.05) is 5.92 Å². The first kappa shape index (κ1) is 12.7. The lowest BCUT2D eigenvalue weighted by molar-refractivity contribution is 0.300. The maximum absolute atomic E-state index is 9.69. The molecule has 0 bridgehead atoms. The van der Waals surface area contributed by atoms with Gasteiger partial charge in [-0.25, -0.2) is 0 Å². The van der Waals surface area contributed by atoms with Gasteiger partial charge in [0.15, 0.2) is 5.82 Å². The van der Waals surface area contributed by atoms with Crippen molar-refractivity contribution >= 4 is 11.3 Å². The predicted octanol–water partition coefficient (Wildman–Crippen LogP) is 4.19. The summed E-state index contributed by atoms with van der Waals surface area (Å²) in [5.74, 6) is 2.67. The molecule has 0 radical (unpaired) electrons. The molecule has 2 aromatic rings. The molecule has 1 fully saturated rings. The van der Waals surface area contributed by atoms with E-state index in [0.717, 1.165) is 24.6 Å². The summed E-state index contributed by atoms with van der Waals surface area (Å²) in [4.78, 5) is 5.15. The number of aromatic nitrogens is 2. The zero-order valence-electron chi connectivity index (χ0n) is 11.0. The lowest BCUT2D eigenvalue weighted by Gasteiger charge is -2.26. The summed E-state index contributed by atoms with van der Waals surface area (Å²) in [7, 11) is 0. The topological polar surface area (TPSA) is 59.2 Å². The molecule has 4 nitrogen and oxygen atoms in total. The van der Waals surface area contributed by atoms with Crippen molar-refractivity contribution in [1.82, 2.24) is 10.1 Å². The van der Waals surface area contributed by atoms with E-state index in [4.69, 9.17) is 4.52 Å². The van der Waals surface area contributed by atoms with Crippen molar-refractivity contribution < 1.29 is 9.63 Å². The Balaban J connectivity index is 1.79. The molecular weight excluding hydrogens is 260 g/mol. The van der Waals surface area contributed by atoms with Crippen molar-refractivity contribution in [3.63, 3.8) is 0 Å². The average molecular weight is 278 g/mol. The lowest BCUT2D eigenvalue weighted by Crippen LogP contribution is -2.14. The highest BCUT2D eigenvalue weighted by Gasteiger charge is 2.26. The molecule has 2 aromatic heterocycles. The van der Waals surface area contributed by atoms with E-state index in [0.29, 0.717) is 16.7 Å². The van der Waals surface area contributed by atoms with E-state index in [9.17, 15) is 5.11 Å². The molecule has 0 aliphatic heterocycles. The van der Waals surface area contributed by atoms with Crippen LogP contribution in [0.25, 0.3) is 10.8 Å². The van der Waals surface area contributed by atoms with Gasteiger partial charge >= 0.3 is 0 Å². The van der Waals surface area contributed by atoms with Crippen LogP contribution in [-0.2, 0) is 0 Å². The van der Waals surface area contributed by atoms with Crippen molar-refractivity contribution in [2.24, 2.45) is 5.92 Å². The standard InChI is InChI=1S/C14H18N2O2S/c1-2-9-4-3-5-10(8-9)13-15-14(18-16-13)12-11(17)6-7-19-12/h6-7,9-10,17H,2-5,8H2,1H3. The Morgan fingerprint density at radius 3 is 3.11 bits per heavy atom. The Kier molecular flexibility index (Phi) is 3.55. The number of rotatable bonds is 3. The third kappa shape index (κ3) is 2.52. The fourth-order valence-corrected chi connectivity index (χ4v) is 3.56. The van der Waals surface area contributed by atoms with Crippen LogP contribution in [0.2, 0.25) is 0 Å². The second-order valence-corrected chi connectivity index (χ2v) is 6.15. The Hall–Kier alpha value is -1.36. The van der Waals surface area contributed by atoms with Crippen molar-refractivity contribution in [3.05, 3.63) is 17.3 Å². The second kappa shape index (κ2) is 5.33. The van der Waals surface area contributed by atoms with E-state index in [1.807, 2.05) is 5.38 Å². The van der Waals surface area contributed by atoms with E-state index >= 15 is 0 Å². The molecule has 1 N–H and O–H groups in total. The summed E-state index contributed by atoms with van der Waals surface area (Å²) >= 11 is 1.42. The highest BCUT2D eigenvalue weighted by molar-refractivity contribution is 7.13. The number of aromatic hydroxyl groups is 1. The summed E-state index contributed by atoms with van der Waals surface area (Å²) in [6.07, 6.45) is 6.10. The van der Waals surface area contributed by atoms with Crippen LogP contribution in [0.1, 0.15) is 50.8 Å². The minimum absolute atomic E-state index is 0.218. The van der Waals surface area contributed by atoms with Gasteiger partial charge < -0.3 is 9.63 Å². The van der Waals surface area contributed by atoms with Crippen LogP contribution in [-0.4, -0.2) is 15.2 Å². The molecule has 19 heavy (non-hydrogen) atoms. The molecule has 0 amide bonds. The molecule has 102 valence electrons. The molecular formula is C14H18N2O2S. The SMILES string of the molecule is CCC1CCCC(c2noc(-c3sccc3O)n2)C1. The summed E-state index contributed by atoms with van der Waals surface area (Å²) in [5.41, 5.74) is 0. The van der Waals surface area contributed by atoms with Gasteiger partial charge in [0.1, 0.15) is 10.6 Å². The number of hydrogen-bond acceptors (Lipinski definition) is 5. The van der Waals surface area contributed by atoms with E-state index in [1.165, 1.54) is 30.6 Å². The maximum Gasteiger partial charge on any atom is 0.271 e. The highest BCUT2D eigenvalue weighted by atomic mass is 32.1. The van der Waals surface area contributed by atoms with E-state index < -0.39 is 0 Å². The zero-order valence-corrected chi connectivity index (χ0v) is 11.8. The minimum Gasteiger partial charge on any atom is -0.506 e. The van der Waals surface area contributed by atoms with Gasteiger partial charge in [-0.15, -0.1) is 11.3 Å². The van der Waals surface area contributed by atoms with Crippen molar-refractivity contribution in [1.29, 1.82) is 0 Å². The van der Waals surface area contributed by atoms with Crippen LogP contribution in [0, 0.1) is 5.92 Å². The number of nitrogens with zero attached hydrogens (tertiary/aromatic N) is 2. The summed E-state index contributed by atoms with van der Waals surface area (Å²) in [6.45, 7) is 2.25. The van der Waals surface area contributed by atoms with E-state index in [1.54, 1.807) is 6.07 Å². The lowest BCUT2D eigenvalue weighted by atomic mass is 9.80. The molecule has 5 heteroatoms. The molecule has 2 heterocycles. The molecule has 2 atom stereocenters. The fraction of sp³-hybridized carbons (Fsp3) is 0.571. The van der Waals surface area contributed by atoms with Gasteiger partial charge in [-0.1, -0.05) is 31.3 Å². The average Bonchev–Trinajstić information content (AvgIpc) is 3.07. The predicted molar refractivity (Wildman–Crippen MR) is 74.3 cm³/mol. The summed E-state index contributed by atoms with van der Waals surface area (Å²) in [6, 6.07) is 1.65. The van der Waals surface area contributed by atoms with Crippen LogP contribution >= 0.6 is 11.3 Å². The molecule has 1 saturated carbocycles. The smallest absolute Gasteiger partial charge is 0.271 e. The van der Waals surface area contributed by atoms with Gasteiger partial charge in [0.25, 0.3) is 5.89 Å². The van der Waals surface area contributed by atoms with Crippen molar-refractivity contribution in [2.45, 2.75) is 44.9 Å². The first-order valence-electron chi connectivity index (χ1n) is 6.88. The first-order chi connectivity index (χ1) is 9.28. The molecule has 0 aromatic carbocycles. The van der Waals surface area contributed by atoms with Crippen LogP contribution < -0.4 is 0 Å². The molecule has 1 aliphatic carbocycles. The summed E-state index contributed by atoms with van der Waals surface area (Å²) < 4.78 is 5.30. The van der Waals surface area contributed by atoms with Gasteiger partial charge in [0.2, 0.25) is 0 Å². The van der Waals surface area contributed by atoms with Gasteiger partial charge in [-0.2, -0.15) is 4.98 Å². The normalized spacial score (nSPS) is 23.6. The zero-order chi connectivity index (χ0) is 13.2. The fourth-order valence-electron chi connectivity index (χ4n) is 2.85. The van der Waals surface area contributed by atoms with Gasteiger partial charge in [-0.3, -0.25) is 0 Å². The van der Waals surface area contributed by atoms with Crippen LogP contribution in [0.4, 0.5) is 0 Å². The van der Waals surface area contributed by atoms with E-state index in [-0.39, 0.29) is 5.75 Å². The molecule has 0 spiro atoms. The van der Waals surface area contributed by atoms with E-state index in [2.05, 4.69) is 17.1 Å². The highest BCUT2D eigenvalue weighted by Crippen LogP contribution is 2.38. The Labute approximate surface area is 116 Å². The molecule has 2 unspecified atom stereocenters. The van der Waals surface area contributed by atoms with Crippen LogP contribution in [0.5, 0.6) is 5.75 Å². The Morgan fingerprint density at radius 1 is 1.47 bits per heavy atom. The summed E-state index contributed by atoms with van der Waals surface area (Å²) in [5, 5.41) is 15.6. The third-order valence-electron chi connectivity index (χ3n) is 4.01. The Morgan fingerprint density at radius 2 is 2.37 bits per heavy atom. The second-order valence-electron chi connectivity index (χ2n) is 5.23.